The number of rotatable bonds is 0. The number of aromatic nitrogens is 1. The van der Waals surface area contributed by atoms with E-state index in [9.17, 15) is 0 Å². The molecule has 1 aromatic heterocycles. The van der Waals surface area contributed by atoms with Gasteiger partial charge in [-0.15, -0.1) is 0 Å². The van der Waals surface area contributed by atoms with Crippen molar-refractivity contribution >= 4 is 0 Å². The molecule has 0 saturated carbocycles. The van der Waals surface area contributed by atoms with Gasteiger partial charge in [0.15, 0.2) is 0 Å². The number of pyridine rings is 1. The van der Waals surface area contributed by atoms with Crippen molar-refractivity contribution in [2.24, 2.45) is 0 Å². The predicted molar refractivity (Wildman–Crippen MR) is 89.9 cm³/mol. The van der Waals surface area contributed by atoms with Crippen molar-refractivity contribution in [2.45, 2.75) is 25.7 Å². The fourth-order valence-corrected chi connectivity index (χ4v) is 3.93. The monoisotopic (exact) mass is 283 g/mol. The smallest absolute Gasteiger partial charge is 0.0744 e. The van der Waals surface area contributed by atoms with E-state index in [0.29, 0.717) is 0 Å². The van der Waals surface area contributed by atoms with Gasteiger partial charge in [0.25, 0.3) is 0 Å². The van der Waals surface area contributed by atoms with Crippen molar-refractivity contribution < 1.29 is 0 Å². The molecule has 0 bridgehead atoms. The van der Waals surface area contributed by atoms with Crippen LogP contribution in [-0.2, 0) is 25.7 Å². The van der Waals surface area contributed by atoms with Crippen LogP contribution in [0, 0.1) is 0 Å². The SMILES string of the molecule is c1ccc2c(c1)CCc1cc3c(nc1-2)-c1ccccc1CC3. The minimum atomic E-state index is 1.12. The summed E-state index contributed by atoms with van der Waals surface area (Å²) in [6.07, 6.45) is 4.52. The van der Waals surface area contributed by atoms with E-state index in [0.717, 1.165) is 25.7 Å². The quantitative estimate of drug-likeness (QED) is 0.587. The van der Waals surface area contributed by atoms with Gasteiger partial charge in [0.05, 0.1) is 11.4 Å². The molecule has 0 aliphatic heterocycles. The molecule has 5 rings (SSSR count). The molecule has 1 nitrogen and oxygen atoms in total. The molecular formula is C21H17N. The molecular weight excluding hydrogens is 266 g/mol. The second kappa shape index (κ2) is 4.54. The van der Waals surface area contributed by atoms with Gasteiger partial charge < -0.3 is 0 Å². The number of hydrogen-bond donors (Lipinski definition) is 0. The second-order valence-corrected chi connectivity index (χ2v) is 6.32. The summed E-state index contributed by atoms with van der Waals surface area (Å²) in [4.78, 5) is 5.14. The summed E-state index contributed by atoms with van der Waals surface area (Å²) in [6.45, 7) is 0. The maximum absolute atomic E-state index is 5.14. The number of aryl methyl sites for hydroxylation is 4. The highest BCUT2D eigenvalue weighted by Gasteiger charge is 2.23. The molecule has 106 valence electrons. The lowest BCUT2D eigenvalue weighted by Gasteiger charge is -2.24. The number of fused-ring (bicyclic) bond motifs is 6. The van der Waals surface area contributed by atoms with Crippen molar-refractivity contribution in [1.82, 2.24) is 4.98 Å². The average molecular weight is 283 g/mol. The fourth-order valence-electron chi connectivity index (χ4n) is 3.93. The Morgan fingerprint density at radius 1 is 0.545 bits per heavy atom. The topological polar surface area (TPSA) is 12.9 Å². The zero-order valence-corrected chi connectivity index (χ0v) is 12.5. The van der Waals surface area contributed by atoms with Crippen LogP contribution in [-0.4, -0.2) is 4.98 Å². The second-order valence-electron chi connectivity index (χ2n) is 6.32. The summed E-state index contributed by atoms with van der Waals surface area (Å²) in [5.74, 6) is 0. The first-order valence-corrected chi connectivity index (χ1v) is 8.09. The summed E-state index contributed by atoms with van der Waals surface area (Å²) in [5, 5.41) is 0. The van der Waals surface area contributed by atoms with Crippen molar-refractivity contribution in [2.75, 3.05) is 0 Å². The highest BCUT2D eigenvalue weighted by molar-refractivity contribution is 5.77. The Morgan fingerprint density at radius 2 is 1.00 bits per heavy atom. The Labute approximate surface area is 130 Å². The van der Waals surface area contributed by atoms with Gasteiger partial charge in [-0.3, -0.25) is 0 Å². The number of benzene rings is 2. The predicted octanol–water partition coefficient (Wildman–Crippen LogP) is 4.61. The van der Waals surface area contributed by atoms with Gasteiger partial charge in [0, 0.05) is 11.1 Å². The Bertz CT molecular complexity index is 821. The molecule has 0 amide bonds. The van der Waals surface area contributed by atoms with E-state index in [-0.39, 0.29) is 0 Å². The maximum atomic E-state index is 5.14. The Kier molecular flexibility index (Phi) is 2.51. The van der Waals surface area contributed by atoms with Gasteiger partial charge in [-0.05, 0) is 47.9 Å². The van der Waals surface area contributed by atoms with Gasteiger partial charge in [0.2, 0.25) is 0 Å². The first-order chi connectivity index (χ1) is 10.9. The summed E-state index contributed by atoms with van der Waals surface area (Å²) in [5.41, 5.74) is 10.8. The van der Waals surface area contributed by atoms with Gasteiger partial charge >= 0.3 is 0 Å². The molecule has 3 aromatic rings. The lowest BCUT2D eigenvalue weighted by Crippen LogP contribution is -2.11. The first kappa shape index (κ1) is 12.2. The summed E-state index contributed by atoms with van der Waals surface area (Å²) in [6, 6.07) is 19.9. The first-order valence-electron chi connectivity index (χ1n) is 8.09. The molecule has 1 heteroatoms. The van der Waals surface area contributed by atoms with Crippen molar-refractivity contribution in [3.63, 3.8) is 0 Å². The number of hydrogen-bond acceptors (Lipinski definition) is 1. The maximum Gasteiger partial charge on any atom is 0.0744 e. The van der Waals surface area contributed by atoms with E-state index in [1.165, 1.54) is 44.8 Å². The zero-order valence-electron chi connectivity index (χ0n) is 12.5. The molecule has 0 spiro atoms. The van der Waals surface area contributed by atoms with Crippen LogP contribution in [0.5, 0.6) is 0 Å². The normalized spacial score (nSPS) is 14.5. The highest BCUT2D eigenvalue weighted by atomic mass is 14.7. The van der Waals surface area contributed by atoms with Gasteiger partial charge in [-0.1, -0.05) is 54.6 Å². The van der Waals surface area contributed by atoms with Crippen LogP contribution in [0.2, 0.25) is 0 Å². The third-order valence-electron chi connectivity index (χ3n) is 5.05. The molecule has 0 saturated heterocycles. The molecule has 2 aliphatic carbocycles. The van der Waals surface area contributed by atoms with Crippen molar-refractivity contribution in [3.05, 3.63) is 76.9 Å². The summed E-state index contributed by atoms with van der Waals surface area (Å²) < 4.78 is 0. The van der Waals surface area contributed by atoms with E-state index < -0.39 is 0 Å². The van der Waals surface area contributed by atoms with Crippen molar-refractivity contribution in [3.8, 4) is 22.5 Å². The summed E-state index contributed by atoms with van der Waals surface area (Å²) in [7, 11) is 0. The van der Waals surface area contributed by atoms with Gasteiger partial charge in [0.1, 0.15) is 0 Å². The molecule has 2 aliphatic rings. The van der Waals surface area contributed by atoms with E-state index in [1.54, 1.807) is 0 Å². The van der Waals surface area contributed by atoms with E-state index >= 15 is 0 Å². The van der Waals surface area contributed by atoms with Crippen LogP contribution < -0.4 is 0 Å². The standard InChI is InChI=1S/C21H17N/c1-3-7-18-14(5-1)9-11-16-13-17-12-10-15-6-2-4-8-19(15)21(17)22-20(16)18/h1-8,13H,9-12H2. The minimum absolute atomic E-state index is 1.12. The molecule has 0 unspecified atom stereocenters. The van der Waals surface area contributed by atoms with E-state index in [2.05, 4.69) is 54.6 Å². The lowest BCUT2D eigenvalue weighted by molar-refractivity contribution is 0.889. The molecule has 0 atom stereocenters. The fraction of sp³-hybridized carbons (Fsp3) is 0.190. The van der Waals surface area contributed by atoms with Gasteiger partial charge in [-0.2, -0.15) is 0 Å². The third-order valence-corrected chi connectivity index (χ3v) is 5.05. The molecule has 0 N–H and O–H groups in total. The molecule has 2 aromatic carbocycles. The summed E-state index contributed by atoms with van der Waals surface area (Å²) >= 11 is 0. The van der Waals surface area contributed by atoms with E-state index in [1.807, 2.05) is 0 Å². The third kappa shape index (κ3) is 1.69. The molecule has 0 fully saturated rings. The van der Waals surface area contributed by atoms with E-state index in [4.69, 9.17) is 4.98 Å². The van der Waals surface area contributed by atoms with Crippen molar-refractivity contribution in [1.29, 1.82) is 0 Å². The van der Waals surface area contributed by atoms with Crippen LogP contribution in [0.25, 0.3) is 22.5 Å². The zero-order chi connectivity index (χ0) is 14.5. The molecule has 22 heavy (non-hydrogen) atoms. The van der Waals surface area contributed by atoms with Crippen LogP contribution in [0.3, 0.4) is 0 Å². The van der Waals surface area contributed by atoms with Crippen LogP contribution in [0.1, 0.15) is 22.3 Å². The average Bonchev–Trinajstić information content (AvgIpc) is 2.60. The van der Waals surface area contributed by atoms with Crippen LogP contribution in [0.4, 0.5) is 0 Å². The highest BCUT2D eigenvalue weighted by Crippen LogP contribution is 2.38. The van der Waals surface area contributed by atoms with Gasteiger partial charge in [-0.25, -0.2) is 4.98 Å². The van der Waals surface area contributed by atoms with Crippen LogP contribution in [0.15, 0.2) is 54.6 Å². The Hall–Kier alpha value is -2.41. The number of nitrogens with zero attached hydrogens (tertiary/aromatic N) is 1. The molecule has 1 heterocycles. The Balaban J connectivity index is 1.78. The molecule has 0 radical (unpaired) electrons. The van der Waals surface area contributed by atoms with Crippen LogP contribution >= 0.6 is 0 Å². The largest absolute Gasteiger partial charge is 0.247 e. The minimum Gasteiger partial charge on any atom is -0.247 e. The lowest BCUT2D eigenvalue weighted by atomic mass is 9.84. The Morgan fingerprint density at radius 3 is 1.55 bits per heavy atom.